The molecule has 19 heavy (non-hydrogen) atoms. The SMILES string of the molecule is COC(C)C(NC(=O)OC(C)(C)C)P(=O)(OC)OC. The van der Waals surface area contributed by atoms with Crippen LogP contribution in [0.25, 0.3) is 0 Å². The molecule has 0 radical (unpaired) electrons. The van der Waals surface area contributed by atoms with E-state index >= 15 is 0 Å². The van der Waals surface area contributed by atoms with Crippen molar-refractivity contribution in [1.29, 1.82) is 0 Å². The van der Waals surface area contributed by atoms with Gasteiger partial charge in [0.15, 0.2) is 5.78 Å². The maximum Gasteiger partial charge on any atom is 0.408 e. The molecule has 0 fully saturated rings. The largest absolute Gasteiger partial charge is 0.444 e. The Balaban J connectivity index is 4.99. The Morgan fingerprint density at radius 1 is 1.16 bits per heavy atom. The highest BCUT2D eigenvalue weighted by atomic mass is 31.2. The molecule has 0 aromatic carbocycles. The number of methoxy groups -OCH3 is 1. The van der Waals surface area contributed by atoms with Crippen LogP contribution < -0.4 is 5.32 Å². The van der Waals surface area contributed by atoms with E-state index in [4.69, 9.17) is 18.5 Å². The van der Waals surface area contributed by atoms with E-state index in [1.54, 1.807) is 27.7 Å². The third kappa shape index (κ3) is 5.91. The molecule has 0 aliphatic carbocycles. The van der Waals surface area contributed by atoms with E-state index < -0.39 is 31.2 Å². The molecule has 2 atom stereocenters. The van der Waals surface area contributed by atoms with Gasteiger partial charge >= 0.3 is 13.7 Å². The molecule has 0 aliphatic heterocycles. The first-order valence-electron chi connectivity index (χ1n) is 5.83. The number of hydrogen-bond acceptors (Lipinski definition) is 6. The summed E-state index contributed by atoms with van der Waals surface area (Å²) >= 11 is 0. The third-order valence-electron chi connectivity index (χ3n) is 2.33. The topological polar surface area (TPSA) is 83.1 Å². The Kier molecular flexibility index (Phi) is 7.00. The van der Waals surface area contributed by atoms with Gasteiger partial charge in [-0.2, -0.15) is 0 Å². The Morgan fingerprint density at radius 2 is 1.63 bits per heavy atom. The van der Waals surface area contributed by atoms with Gasteiger partial charge in [0.05, 0.1) is 6.10 Å². The zero-order valence-electron chi connectivity index (χ0n) is 12.6. The van der Waals surface area contributed by atoms with E-state index in [1.807, 2.05) is 0 Å². The second-order valence-electron chi connectivity index (χ2n) is 4.94. The van der Waals surface area contributed by atoms with Crippen LogP contribution in [0.5, 0.6) is 0 Å². The molecule has 8 heteroatoms. The molecule has 0 aromatic rings. The van der Waals surface area contributed by atoms with Gasteiger partial charge in [0, 0.05) is 21.3 Å². The Labute approximate surface area is 114 Å². The first-order valence-corrected chi connectivity index (χ1v) is 7.44. The zero-order chi connectivity index (χ0) is 15.3. The number of nitrogens with one attached hydrogen (secondary N) is 1. The van der Waals surface area contributed by atoms with E-state index in [2.05, 4.69) is 5.32 Å². The van der Waals surface area contributed by atoms with Gasteiger partial charge in [0.25, 0.3) is 0 Å². The predicted octanol–water partition coefficient (Wildman–Crippen LogP) is 2.36. The number of carbonyl (C=O) groups excluding carboxylic acids is 1. The minimum atomic E-state index is -3.52. The summed E-state index contributed by atoms with van der Waals surface area (Å²) in [5.41, 5.74) is -0.658. The van der Waals surface area contributed by atoms with E-state index in [0.29, 0.717) is 0 Å². The average molecular weight is 297 g/mol. The summed E-state index contributed by atoms with van der Waals surface area (Å²) < 4.78 is 32.3. The fourth-order valence-corrected chi connectivity index (χ4v) is 2.82. The second-order valence-corrected chi connectivity index (χ2v) is 7.30. The molecular weight excluding hydrogens is 273 g/mol. The lowest BCUT2D eigenvalue weighted by Gasteiger charge is -2.30. The van der Waals surface area contributed by atoms with Crippen molar-refractivity contribution >= 4 is 13.7 Å². The minimum absolute atomic E-state index is 0.571. The van der Waals surface area contributed by atoms with Gasteiger partial charge in [-0.1, -0.05) is 0 Å². The molecule has 1 N–H and O–H groups in total. The molecule has 1 amide bonds. The van der Waals surface area contributed by atoms with Gasteiger partial charge < -0.3 is 23.8 Å². The van der Waals surface area contributed by atoms with Crippen LogP contribution in [0.1, 0.15) is 27.7 Å². The standard InChI is InChI=1S/C11H24NO6P/c1-8(15-5)9(19(14,16-6)17-7)12-10(13)18-11(2,3)4/h8-9H,1-7H3,(H,12,13). The summed E-state index contributed by atoms with van der Waals surface area (Å²) in [5.74, 6) is -0.956. The van der Waals surface area contributed by atoms with Gasteiger partial charge in [-0.05, 0) is 27.7 Å². The van der Waals surface area contributed by atoms with Crippen molar-refractivity contribution in [3.8, 4) is 0 Å². The smallest absolute Gasteiger partial charge is 0.408 e. The van der Waals surface area contributed by atoms with Crippen LogP contribution in [-0.2, 0) is 23.1 Å². The van der Waals surface area contributed by atoms with E-state index in [9.17, 15) is 9.36 Å². The van der Waals surface area contributed by atoms with Crippen molar-refractivity contribution in [2.75, 3.05) is 21.3 Å². The molecule has 2 unspecified atom stereocenters. The molecule has 0 aliphatic rings. The summed E-state index contributed by atoms with van der Waals surface area (Å²) in [6.07, 6.45) is -1.28. The van der Waals surface area contributed by atoms with Crippen LogP contribution in [0.4, 0.5) is 4.79 Å². The number of carbonyl (C=O) groups is 1. The quantitative estimate of drug-likeness (QED) is 0.758. The van der Waals surface area contributed by atoms with Crippen LogP contribution in [0.15, 0.2) is 0 Å². The maximum absolute atomic E-state index is 12.4. The molecule has 0 spiro atoms. The molecule has 0 saturated carbocycles. The number of amides is 1. The molecule has 114 valence electrons. The second kappa shape index (κ2) is 7.24. The van der Waals surface area contributed by atoms with E-state index in [0.717, 1.165) is 0 Å². The molecule has 7 nitrogen and oxygen atoms in total. The highest BCUT2D eigenvalue weighted by Gasteiger charge is 2.40. The number of ether oxygens (including phenoxy) is 2. The van der Waals surface area contributed by atoms with Gasteiger partial charge in [-0.25, -0.2) is 4.79 Å². The Bertz CT molecular complexity index is 333. The van der Waals surface area contributed by atoms with Crippen molar-refractivity contribution in [2.45, 2.75) is 45.2 Å². The lowest BCUT2D eigenvalue weighted by Crippen LogP contribution is -2.45. The number of rotatable bonds is 6. The molecular formula is C11H24NO6P. The summed E-state index contributed by atoms with van der Waals surface area (Å²) in [7, 11) is 0.407. The van der Waals surface area contributed by atoms with Gasteiger partial charge in [0.1, 0.15) is 5.60 Å². The van der Waals surface area contributed by atoms with E-state index in [1.165, 1.54) is 21.3 Å². The Hall–Kier alpha value is -0.620. The zero-order valence-corrected chi connectivity index (χ0v) is 13.4. The number of hydrogen-bond donors (Lipinski definition) is 1. The maximum atomic E-state index is 12.4. The van der Waals surface area contributed by atoms with Gasteiger partial charge in [0.2, 0.25) is 0 Å². The normalized spacial score (nSPS) is 15.7. The van der Waals surface area contributed by atoms with Crippen LogP contribution in [0.2, 0.25) is 0 Å². The van der Waals surface area contributed by atoms with Crippen LogP contribution >= 0.6 is 7.60 Å². The number of alkyl carbamates (subject to hydrolysis) is 1. The molecule has 0 rings (SSSR count). The van der Waals surface area contributed by atoms with Crippen LogP contribution in [0.3, 0.4) is 0 Å². The van der Waals surface area contributed by atoms with Gasteiger partial charge in [-0.15, -0.1) is 0 Å². The molecule has 0 aromatic heterocycles. The first-order chi connectivity index (χ1) is 8.59. The van der Waals surface area contributed by atoms with Crippen molar-refractivity contribution in [3.63, 3.8) is 0 Å². The predicted molar refractivity (Wildman–Crippen MR) is 71.3 cm³/mol. The molecule has 0 heterocycles. The van der Waals surface area contributed by atoms with Crippen molar-refractivity contribution in [2.24, 2.45) is 0 Å². The summed E-state index contributed by atoms with van der Waals surface area (Å²) in [6.45, 7) is 6.83. The minimum Gasteiger partial charge on any atom is -0.444 e. The lowest BCUT2D eigenvalue weighted by atomic mass is 10.2. The van der Waals surface area contributed by atoms with Crippen molar-refractivity contribution < 1.29 is 27.9 Å². The average Bonchev–Trinajstić information content (AvgIpc) is 2.32. The van der Waals surface area contributed by atoms with Crippen molar-refractivity contribution in [3.05, 3.63) is 0 Å². The monoisotopic (exact) mass is 297 g/mol. The van der Waals surface area contributed by atoms with Crippen LogP contribution in [-0.4, -0.2) is 44.9 Å². The highest BCUT2D eigenvalue weighted by molar-refractivity contribution is 7.54. The molecule has 0 bridgehead atoms. The third-order valence-corrected chi connectivity index (χ3v) is 4.58. The van der Waals surface area contributed by atoms with Gasteiger partial charge in [-0.3, -0.25) is 4.57 Å². The van der Waals surface area contributed by atoms with E-state index in [-0.39, 0.29) is 0 Å². The fourth-order valence-electron chi connectivity index (χ4n) is 1.31. The summed E-state index contributed by atoms with van der Waals surface area (Å²) in [5, 5.41) is 2.47. The Morgan fingerprint density at radius 3 is 1.95 bits per heavy atom. The fraction of sp³-hybridized carbons (Fsp3) is 0.909. The van der Waals surface area contributed by atoms with Crippen LogP contribution in [0, 0.1) is 0 Å². The summed E-state index contributed by atoms with van der Waals surface area (Å²) in [6, 6.07) is 0. The first kappa shape index (κ1) is 18.4. The lowest BCUT2D eigenvalue weighted by molar-refractivity contribution is 0.0414. The van der Waals surface area contributed by atoms with Crippen molar-refractivity contribution in [1.82, 2.24) is 5.32 Å². The highest BCUT2D eigenvalue weighted by Crippen LogP contribution is 2.52. The summed E-state index contributed by atoms with van der Waals surface area (Å²) in [4.78, 5) is 11.7. The molecule has 0 saturated heterocycles.